The first-order chi connectivity index (χ1) is 13.4. The number of para-hydroxylation sites is 1. The van der Waals surface area contributed by atoms with Crippen LogP contribution in [0.2, 0.25) is 0 Å². The standard InChI is InChI=1S/C23H25FN2O2/c1-15-11-16(2)20(23(27)28-3)13-19(15)12-17-7-9-26(10-8-17)22-18(14-25)5-4-6-21(22)24/h4-6,11,13,17H,7-10,12H2,1-3H3. The lowest BCUT2D eigenvalue weighted by atomic mass is 9.87. The van der Waals surface area contributed by atoms with Crippen LogP contribution >= 0.6 is 0 Å². The van der Waals surface area contributed by atoms with Gasteiger partial charge in [-0.25, -0.2) is 9.18 Å². The average molecular weight is 380 g/mol. The van der Waals surface area contributed by atoms with Crippen molar-refractivity contribution < 1.29 is 13.9 Å². The van der Waals surface area contributed by atoms with Crippen molar-refractivity contribution in [1.29, 1.82) is 5.26 Å². The number of hydrogen-bond acceptors (Lipinski definition) is 4. The number of rotatable bonds is 4. The maximum atomic E-state index is 14.3. The van der Waals surface area contributed by atoms with E-state index in [9.17, 15) is 14.4 Å². The average Bonchev–Trinajstić information content (AvgIpc) is 2.70. The van der Waals surface area contributed by atoms with Crippen molar-refractivity contribution in [1.82, 2.24) is 0 Å². The highest BCUT2D eigenvalue weighted by Gasteiger charge is 2.24. The van der Waals surface area contributed by atoms with Crippen molar-refractivity contribution in [2.75, 3.05) is 25.1 Å². The number of nitriles is 1. The number of esters is 1. The number of anilines is 1. The zero-order chi connectivity index (χ0) is 20.3. The molecular weight excluding hydrogens is 355 g/mol. The minimum absolute atomic E-state index is 0.308. The van der Waals surface area contributed by atoms with Crippen molar-refractivity contribution in [2.45, 2.75) is 33.1 Å². The molecule has 28 heavy (non-hydrogen) atoms. The highest BCUT2D eigenvalue weighted by Crippen LogP contribution is 2.31. The molecule has 0 radical (unpaired) electrons. The van der Waals surface area contributed by atoms with Gasteiger partial charge in [0.25, 0.3) is 0 Å². The summed E-state index contributed by atoms with van der Waals surface area (Å²) in [4.78, 5) is 14.0. The molecular formula is C23H25FN2O2. The number of carbonyl (C=O) groups excluding carboxylic acids is 1. The normalized spacial score (nSPS) is 14.6. The quantitative estimate of drug-likeness (QED) is 0.730. The second-order valence-corrected chi connectivity index (χ2v) is 7.47. The minimum Gasteiger partial charge on any atom is -0.465 e. The number of halogens is 1. The molecule has 3 rings (SSSR count). The largest absolute Gasteiger partial charge is 0.465 e. The van der Waals surface area contributed by atoms with Gasteiger partial charge >= 0.3 is 5.97 Å². The highest BCUT2D eigenvalue weighted by molar-refractivity contribution is 5.91. The van der Waals surface area contributed by atoms with E-state index < -0.39 is 0 Å². The van der Waals surface area contributed by atoms with Gasteiger partial charge in [-0.1, -0.05) is 12.1 Å². The van der Waals surface area contributed by atoms with Gasteiger partial charge < -0.3 is 9.64 Å². The first kappa shape index (κ1) is 19.9. The smallest absolute Gasteiger partial charge is 0.338 e. The molecule has 1 aliphatic heterocycles. The van der Waals surface area contributed by atoms with E-state index in [0.29, 0.717) is 22.7 Å². The molecule has 0 saturated carbocycles. The fraction of sp³-hybridized carbons (Fsp3) is 0.391. The first-order valence-corrected chi connectivity index (χ1v) is 9.56. The Labute approximate surface area is 165 Å². The zero-order valence-corrected chi connectivity index (χ0v) is 16.6. The number of aryl methyl sites for hydroxylation is 2. The molecule has 0 N–H and O–H groups in total. The summed E-state index contributed by atoms with van der Waals surface area (Å²) in [6, 6.07) is 10.7. The molecule has 1 aliphatic rings. The molecule has 0 bridgehead atoms. The van der Waals surface area contributed by atoms with Crippen molar-refractivity contribution in [3.8, 4) is 6.07 Å². The molecule has 2 aromatic carbocycles. The Morgan fingerprint density at radius 3 is 2.61 bits per heavy atom. The number of carbonyl (C=O) groups is 1. The molecule has 0 atom stereocenters. The van der Waals surface area contributed by atoms with Crippen LogP contribution in [0.5, 0.6) is 0 Å². The monoisotopic (exact) mass is 380 g/mol. The number of benzene rings is 2. The predicted octanol–water partition coefficient (Wildman–Crippen LogP) is 4.56. The number of methoxy groups -OCH3 is 1. The third-order valence-electron chi connectivity index (χ3n) is 5.63. The van der Waals surface area contributed by atoms with E-state index >= 15 is 0 Å². The second-order valence-electron chi connectivity index (χ2n) is 7.47. The Kier molecular flexibility index (Phi) is 5.99. The molecule has 146 valence electrons. The van der Waals surface area contributed by atoms with Crippen LogP contribution < -0.4 is 4.90 Å². The van der Waals surface area contributed by atoms with Crippen LogP contribution in [0.25, 0.3) is 0 Å². The molecule has 0 spiro atoms. The van der Waals surface area contributed by atoms with Gasteiger partial charge in [0.05, 0.1) is 23.9 Å². The van der Waals surface area contributed by atoms with Gasteiger partial charge in [0.2, 0.25) is 0 Å². The summed E-state index contributed by atoms with van der Waals surface area (Å²) in [6.45, 7) is 5.42. The van der Waals surface area contributed by atoms with Crippen LogP contribution in [0.3, 0.4) is 0 Å². The SMILES string of the molecule is COC(=O)c1cc(CC2CCN(c3c(F)cccc3C#N)CC2)c(C)cc1C. The lowest BCUT2D eigenvalue weighted by molar-refractivity contribution is 0.0599. The summed E-state index contributed by atoms with van der Waals surface area (Å²) in [5.74, 6) is -0.188. The van der Waals surface area contributed by atoms with Crippen LogP contribution in [-0.4, -0.2) is 26.2 Å². The van der Waals surface area contributed by atoms with E-state index in [1.165, 1.54) is 18.7 Å². The molecule has 0 unspecified atom stereocenters. The van der Waals surface area contributed by atoms with Crippen LogP contribution in [0.15, 0.2) is 30.3 Å². The van der Waals surface area contributed by atoms with E-state index in [0.717, 1.165) is 43.5 Å². The molecule has 5 heteroatoms. The van der Waals surface area contributed by atoms with E-state index in [4.69, 9.17) is 4.74 Å². The van der Waals surface area contributed by atoms with Gasteiger partial charge in [-0.05, 0) is 73.9 Å². The predicted molar refractivity (Wildman–Crippen MR) is 107 cm³/mol. The van der Waals surface area contributed by atoms with E-state index in [1.54, 1.807) is 12.1 Å². The third-order valence-corrected chi connectivity index (χ3v) is 5.63. The van der Waals surface area contributed by atoms with Gasteiger partial charge in [-0.3, -0.25) is 0 Å². The van der Waals surface area contributed by atoms with Crippen molar-refractivity contribution in [3.05, 3.63) is 64.0 Å². The summed E-state index contributed by atoms with van der Waals surface area (Å²) in [7, 11) is 1.40. The summed E-state index contributed by atoms with van der Waals surface area (Å²) in [6.07, 6.45) is 2.71. The van der Waals surface area contributed by atoms with Gasteiger partial charge in [0.1, 0.15) is 11.9 Å². The van der Waals surface area contributed by atoms with Crippen molar-refractivity contribution >= 4 is 11.7 Å². The second kappa shape index (κ2) is 8.43. The lowest BCUT2D eigenvalue weighted by Crippen LogP contribution is -2.35. The molecule has 4 nitrogen and oxygen atoms in total. The van der Waals surface area contributed by atoms with Crippen molar-refractivity contribution in [2.24, 2.45) is 5.92 Å². The van der Waals surface area contributed by atoms with Crippen molar-refractivity contribution in [3.63, 3.8) is 0 Å². The molecule has 2 aromatic rings. The lowest BCUT2D eigenvalue weighted by Gasteiger charge is -2.34. The third kappa shape index (κ3) is 4.01. The Morgan fingerprint density at radius 1 is 1.25 bits per heavy atom. The Balaban J connectivity index is 1.72. The van der Waals surface area contributed by atoms with E-state index in [-0.39, 0.29) is 11.8 Å². The van der Waals surface area contributed by atoms with Crippen LogP contribution in [0, 0.1) is 36.9 Å². The van der Waals surface area contributed by atoms with Crippen LogP contribution in [0.4, 0.5) is 10.1 Å². The molecule has 0 aromatic heterocycles. The molecule has 1 heterocycles. The van der Waals surface area contributed by atoms with Gasteiger partial charge in [-0.15, -0.1) is 0 Å². The number of piperidine rings is 1. The molecule has 0 aliphatic carbocycles. The fourth-order valence-corrected chi connectivity index (χ4v) is 4.05. The highest BCUT2D eigenvalue weighted by atomic mass is 19.1. The Hall–Kier alpha value is -2.87. The maximum absolute atomic E-state index is 14.3. The molecule has 0 amide bonds. The van der Waals surface area contributed by atoms with E-state index in [1.807, 2.05) is 24.0 Å². The summed E-state index contributed by atoms with van der Waals surface area (Å²) < 4.78 is 19.2. The van der Waals surface area contributed by atoms with Gasteiger partial charge in [0, 0.05) is 13.1 Å². The van der Waals surface area contributed by atoms with Crippen LogP contribution in [-0.2, 0) is 11.2 Å². The first-order valence-electron chi connectivity index (χ1n) is 9.56. The van der Waals surface area contributed by atoms with Gasteiger partial charge in [0.15, 0.2) is 0 Å². The summed E-state index contributed by atoms with van der Waals surface area (Å²) in [5.41, 5.74) is 4.68. The number of nitrogens with zero attached hydrogens (tertiary/aromatic N) is 2. The van der Waals surface area contributed by atoms with Crippen LogP contribution in [0.1, 0.15) is 45.5 Å². The van der Waals surface area contributed by atoms with Gasteiger partial charge in [-0.2, -0.15) is 5.26 Å². The molecule has 1 saturated heterocycles. The summed E-state index contributed by atoms with van der Waals surface area (Å²) >= 11 is 0. The topological polar surface area (TPSA) is 53.3 Å². The number of ether oxygens (including phenoxy) is 1. The fourth-order valence-electron chi connectivity index (χ4n) is 4.05. The van der Waals surface area contributed by atoms with E-state index in [2.05, 4.69) is 13.0 Å². The molecule has 1 fully saturated rings. The zero-order valence-electron chi connectivity index (χ0n) is 16.6. The minimum atomic E-state index is -0.338. The summed E-state index contributed by atoms with van der Waals surface area (Å²) in [5, 5.41) is 9.28. The maximum Gasteiger partial charge on any atom is 0.338 e. The Morgan fingerprint density at radius 2 is 1.96 bits per heavy atom. The Bertz CT molecular complexity index is 925. The number of hydrogen-bond donors (Lipinski definition) is 0.